The second-order valence-electron chi connectivity index (χ2n) is 2.55. The number of Topliss-reactive ketones (excluding diaryl/α,β-unsaturated/α-hetero) is 1. The van der Waals surface area contributed by atoms with Gasteiger partial charge in [-0.1, -0.05) is 0 Å². The van der Waals surface area contributed by atoms with Crippen molar-refractivity contribution in [2.45, 2.75) is 13.8 Å². The largest absolute Gasteiger partial charge is 0.324 e. The molecule has 2 nitrogen and oxygen atoms in total. The van der Waals surface area contributed by atoms with Gasteiger partial charge in [-0.15, -0.1) is 11.3 Å². The Morgan fingerprint density at radius 1 is 1.58 bits per heavy atom. The Balaban J connectivity index is 3.17. The average molecular weight is 248 g/mol. The molecule has 0 aliphatic heterocycles. The molecule has 2 N–H and O–H groups in total. The summed E-state index contributed by atoms with van der Waals surface area (Å²) in [7, 11) is 0. The fourth-order valence-electron chi connectivity index (χ4n) is 0.997. The van der Waals surface area contributed by atoms with Crippen LogP contribution in [-0.4, -0.2) is 12.3 Å². The van der Waals surface area contributed by atoms with Crippen molar-refractivity contribution in [1.82, 2.24) is 0 Å². The van der Waals surface area contributed by atoms with Crippen LogP contribution in [0.5, 0.6) is 0 Å². The minimum absolute atomic E-state index is 0.0197. The highest BCUT2D eigenvalue weighted by atomic mass is 79.9. The molecular formula is C8H10BrNOS. The number of hydrogen-bond donors (Lipinski definition) is 1. The Bertz CT molecular complexity index is 319. The van der Waals surface area contributed by atoms with Gasteiger partial charge in [0, 0.05) is 9.35 Å². The summed E-state index contributed by atoms with van der Waals surface area (Å²) in [5.41, 5.74) is 6.28. The summed E-state index contributed by atoms with van der Waals surface area (Å²) in [5.74, 6) is 0.0197. The molecule has 1 aromatic heterocycles. The van der Waals surface area contributed by atoms with Crippen molar-refractivity contribution in [1.29, 1.82) is 0 Å². The van der Waals surface area contributed by atoms with Crippen molar-refractivity contribution >= 4 is 33.0 Å². The summed E-state index contributed by atoms with van der Waals surface area (Å²) in [5, 5.41) is 0. The van der Waals surface area contributed by atoms with Gasteiger partial charge in [0.15, 0.2) is 5.78 Å². The number of carbonyl (C=O) groups excluding carboxylic acids is 1. The van der Waals surface area contributed by atoms with Gasteiger partial charge in [-0.2, -0.15) is 0 Å². The summed E-state index contributed by atoms with van der Waals surface area (Å²) in [6.45, 7) is 4.00. The highest BCUT2D eigenvalue weighted by Crippen LogP contribution is 2.31. The van der Waals surface area contributed by atoms with Gasteiger partial charge in [0.25, 0.3) is 0 Å². The Kier molecular flexibility index (Phi) is 3.04. The molecule has 1 aromatic rings. The summed E-state index contributed by atoms with van der Waals surface area (Å²) in [4.78, 5) is 13.2. The number of aryl methyl sites for hydroxylation is 1. The lowest BCUT2D eigenvalue weighted by atomic mass is 10.2. The normalized spacial score (nSPS) is 10.3. The number of rotatable bonds is 2. The van der Waals surface area contributed by atoms with E-state index < -0.39 is 0 Å². The molecule has 0 aromatic carbocycles. The first-order valence-corrected chi connectivity index (χ1v) is 5.17. The molecule has 0 radical (unpaired) electrons. The summed E-state index contributed by atoms with van der Waals surface area (Å²) >= 11 is 4.91. The van der Waals surface area contributed by atoms with Crippen LogP contribution in [0.4, 0.5) is 0 Å². The quantitative estimate of drug-likeness (QED) is 0.816. The molecule has 0 aliphatic carbocycles. The van der Waals surface area contributed by atoms with Crippen LogP contribution in [0.3, 0.4) is 0 Å². The van der Waals surface area contributed by atoms with E-state index in [1.54, 1.807) is 0 Å². The van der Waals surface area contributed by atoms with E-state index in [2.05, 4.69) is 15.9 Å². The van der Waals surface area contributed by atoms with E-state index in [0.29, 0.717) is 0 Å². The van der Waals surface area contributed by atoms with E-state index in [4.69, 9.17) is 5.73 Å². The number of nitrogens with two attached hydrogens (primary N) is 1. The zero-order valence-electron chi connectivity index (χ0n) is 6.98. The van der Waals surface area contributed by atoms with Crippen LogP contribution >= 0.6 is 27.3 Å². The molecule has 0 saturated heterocycles. The minimum Gasteiger partial charge on any atom is -0.324 e. The number of hydrogen-bond acceptors (Lipinski definition) is 3. The maximum absolute atomic E-state index is 11.3. The summed E-state index contributed by atoms with van der Waals surface area (Å²) in [6, 6.07) is 0. The second kappa shape index (κ2) is 3.68. The van der Waals surface area contributed by atoms with E-state index in [9.17, 15) is 4.79 Å². The SMILES string of the molecule is Cc1sc(C(=O)CN)c(C)c1Br. The second-order valence-corrected chi connectivity index (χ2v) is 4.57. The molecule has 0 aliphatic rings. The maximum atomic E-state index is 11.3. The van der Waals surface area contributed by atoms with Crippen LogP contribution in [0.2, 0.25) is 0 Å². The van der Waals surface area contributed by atoms with Crippen molar-refractivity contribution in [3.8, 4) is 0 Å². The van der Waals surface area contributed by atoms with Gasteiger partial charge >= 0.3 is 0 Å². The average Bonchev–Trinajstić information content (AvgIpc) is 2.32. The Labute approximate surface area is 83.9 Å². The lowest BCUT2D eigenvalue weighted by Gasteiger charge is -1.93. The van der Waals surface area contributed by atoms with E-state index in [1.165, 1.54) is 11.3 Å². The van der Waals surface area contributed by atoms with E-state index in [0.717, 1.165) is 19.8 Å². The maximum Gasteiger partial charge on any atom is 0.186 e. The summed E-state index contributed by atoms with van der Waals surface area (Å²) < 4.78 is 1.03. The van der Waals surface area contributed by atoms with Crippen LogP contribution in [0, 0.1) is 13.8 Å². The molecule has 0 amide bonds. The van der Waals surface area contributed by atoms with Gasteiger partial charge < -0.3 is 5.73 Å². The zero-order chi connectivity index (χ0) is 9.30. The molecule has 0 spiro atoms. The van der Waals surface area contributed by atoms with E-state index >= 15 is 0 Å². The number of halogens is 1. The predicted molar refractivity (Wildman–Crippen MR) is 54.9 cm³/mol. The number of carbonyl (C=O) groups is 1. The topological polar surface area (TPSA) is 43.1 Å². The van der Waals surface area contributed by atoms with Crippen LogP contribution in [0.25, 0.3) is 0 Å². The predicted octanol–water partition coefficient (Wildman–Crippen LogP) is 2.27. The molecule has 66 valence electrons. The van der Waals surface area contributed by atoms with Gasteiger partial charge in [0.2, 0.25) is 0 Å². The smallest absolute Gasteiger partial charge is 0.186 e. The monoisotopic (exact) mass is 247 g/mol. The van der Waals surface area contributed by atoms with E-state index in [-0.39, 0.29) is 12.3 Å². The third kappa shape index (κ3) is 1.60. The van der Waals surface area contributed by atoms with Crippen LogP contribution in [0.1, 0.15) is 20.1 Å². The highest BCUT2D eigenvalue weighted by molar-refractivity contribution is 9.10. The fraction of sp³-hybridized carbons (Fsp3) is 0.375. The van der Waals surface area contributed by atoms with Gasteiger partial charge in [0.1, 0.15) is 0 Å². The minimum atomic E-state index is 0.0197. The third-order valence-electron chi connectivity index (χ3n) is 1.67. The third-order valence-corrected chi connectivity index (χ3v) is 4.37. The Hall–Kier alpha value is -0.190. The first-order valence-electron chi connectivity index (χ1n) is 3.56. The van der Waals surface area contributed by atoms with E-state index in [1.807, 2.05) is 13.8 Å². The first-order chi connectivity index (χ1) is 5.57. The van der Waals surface area contributed by atoms with Crippen molar-refractivity contribution < 1.29 is 4.79 Å². The van der Waals surface area contributed by atoms with Crippen molar-refractivity contribution in [3.63, 3.8) is 0 Å². The van der Waals surface area contributed by atoms with Crippen molar-refractivity contribution in [3.05, 3.63) is 19.8 Å². The lowest BCUT2D eigenvalue weighted by Crippen LogP contribution is -2.12. The van der Waals surface area contributed by atoms with Crippen molar-refractivity contribution in [2.75, 3.05) is 6.54 Å². The number of thiophene rings is 1. The molecule has 1 heterocycles. The highest BCUT2D eigenvalue weighted by Gasteiger charge is 2.14. The molecule has 0 saturated carbocycles. The van der Waals surface area contributed by atoms with Crippen LogP contribution in [0.15, 0.2) is 4.47 Å². The first kappa shape index (κ1) is 9.89. The fourth-order valence-corrected chi connectivity index (χ4v) is 2.57. The zero-order valence-corrected chi connectivity index (χ0v) is 9.38. The molecular weight excluding hydrogens is 238 g/mol. The van der Waals surface area contributed by atoms with Gasteiger partial charge in [0.05, 0.1) is 11.4 Å². The summed E-state index contributed by atoms with van der Waals surface area (Å²) in [6.07, 6.45) is 0. The van der Waals surface area contributed by atoms with Gasteiger partial charge in [-0.3, -0.25) is 4.79 Å². The van der Waals surface area contributed by atoms with Crippen LogP contribution in [-0.2, 0) is 0 Å². The van der Waals surface area contributed by atoms with Crippen LogP contribution < -0.4 is 5.73 Å². The molecule has 12 heavy (non-hydrogen) atoms. The molecule has 4 heteroatoms. The molecule has 0 fully saturated rings. The van der Waals surface area contributed by atoms with Crippen molar-refractivity contribution in [2.24, 2.45) is 5.73 Å². The molecule has 0 atom stereocenters. The lowest BCUT2D eigenvalue weighted by molar-refractivity contribution is 0.100. The van der Waals surface area contributed by atoms with Gasteiger partial charge in [-0.05, 0) is 35.3 Å². The Morgan fingerprint density at radius 2 is 2.17 bits per heavy atom. The molecule has 0 bridgehead atoms. The number of ketones is 1. The molecule has 0 unspecified atom stereocenters. The standard InChI is InChI=1S/C8H10BrNOS/c1-4-7(9)5(2)12-8(4)6(11)3-10/h3,10H2,1-2H3. The Morgan fingerprint density at radius 3 is 2.50 bits per heavy atom. The molecule has 1 rings (SSSR count). The van der Waals surface area contributed by atoms with Gasteiger partial charge in [-0.25, -0.2) is 0 Å².